The lowest BCUT2D eigenvalue weighted by Crippen LogP contribution is -1.88. The molecule has 0 fully saturated rings. The molecule has 0 saturated carbocycles. The summed E-state index contributed by atoms with van der Waals surface area (Å²) in [6, 6.07) is 7.28. The first-order valence-corrected chi connectivity index (χ1v) is 3.98. The van der Waals surface area contributed by atoms with Crippen molar-refractivity contribution < 1.29 is 4.74 Å². The van der Waals surface area contributed by atoms with Crippen molar-refractivity contribution in [3.8, 4) is 11.8 Å². The number of ether oxygens (including phenoxy) is 1. The number of halogens is 1. The monoisotopic (exact) mass is 181 g/mol. The van der Waals surface area contributed by atoms with Crippen molar-refractivity contribution in [1.29, 1.82) is 5.26 Å². The summed E-state index contributed by atoms with van der Waals surface area (Å²) < 4.78 is 4.99. The van der Waals surface area contributed by atoms with Gasteiger partial charge in [0.2, 0.25) is 0 Å². The Labute approximate surface area is 76.3 Å². The summed E-state index contributed by atoms with van der Waals surface area (Å²) in [7, 11) is 1.58. The van der Waals surface area contributed by atoms with E-state index < -0.39 is 0 Å². The standard InChI is InChI=1S/C9H8ClNO/c1-12-9-3-2-7(6-11)8(4-9)5-10/h2-4H,5H2,1H3. The van der Waals surface area contributed by atoms with Crippen LogP contribution in [0.15, 0.2) is 18.2 Å². The smallest absolute Gasteiger partial charge is 0.119 e. The number of hydrogen-bond acceptors (Lipinski definition) is 2. The van der Waals surface area contributed by atoms with Crippen LogP contribution in [-0.4, -0.2) is 7.11 Å². The molecule has 0 spiro atoms. The van der Waals surface area contributed by atoms with Crippen LogP contribution in [0.5, 0.6) is 5.75 Å². The lowest BCUT2D eigenvalue weighted by Gasteiger charge is -2.02. The number of rotatable bonds is 2. The highest BCUT2D eigenvalue weighted by Gasteiger charge is 2.01. The first-order chi connectivity index (χ1) is 5.81. The molecule has 0 heterocycles. The quantitative estimate of drug-likeness (QED) is 0.656. The average molecular weight is 182 g/mol. The molecule has 1 rings (SSSR count). The lowest BCUT2D eigenvalue weighted by atomic mass is 10.1. The van der Waals surface area contributed by atoms with Gasteiger partial charge in [-0.1, -0.05) is 0 Å². The van der Waals surface area contributed by atoms with Gasteiger partial charge in [-0.3, -0.25) is 0 Å². The minimum Gasteiger partial charge on any atom is -0.497 e. The summed E-state index contributed by atoms with van der Waals surface area (Å²) in [5.41, 5.74) is 1.41. The van der Waals surface area contributed by atoms with Gasteiger partial charge in [0.05, 0.1) is 18.7 Å². The van der Waals surface area contributed by atoms with Crippen LogP contribution in [0.3, 0.4) is 0 Å². The van der Waals surface area contributed by atoms with Gasteiger partial charge < -0.3 is 4.74 Å². The van der Waals surface area contributed by atoms with E-state index in [2.05, 4.69) is 6.07 Å². The third kappa shape index (κ3) is 1.69. The first kappa shape index (κ1) is 8.89. The fraction of sp³-hybridized carbons (Fsp3) is 0.222. The summed E-state index contributed by atoms with van der Waals surface area (Å²) >= 11 is 5.63. The van der Waals surface area contributed by atoms with Crippen molar-refractivity contribution in [1.82, 2.24) is 0 Å². The van der Waals surface area contributed by atoms with Crippen LogP contribution >= 0.6 is 11.6 Å². The Morgan fingerprint density at radius 1 is 1.58 bits per heavy atom. The van der Waals surface area contributed by atoms with E-state index in [1.54, 1.807) is 25.3 Å². The molecule has 2 nitrogen and oxygen atoms in total. The predicted octanol–water partition coefficient (Wildman–Crippen LogP) is 2.31. The van der Waals surface area contributed by atoms with Crippen LogP contribution in [0.1, 0.15) is 11.1 Å². The minimum atomic E-state index is 0.333. The van der Waals surface area contributed by atoms with E-state index in [9.17, 15) is 0 Å². The minimum absolute atomic E-state index is 0.333. The Hall–Kier alpha value is -1.20. The molecule has 0 N–H and O–H groups in total. The maximum Gasteiger partial charge on any atom is 0.119 e. The van der Waals surface area contributed by atoms with Crippen molar-refractivity contribution >= 4 is 11.6 Å². The van der Waals surface area contributed by atoms with E-state index in [-0.39, 0.29) is 0 Å². The maximum atomic E-state index is 8.66. The van der Waals surface area contributed by atoms with Crippen LogP contribution in [0.2, 0.25) is 0 Å². The van der Waals surface area contributed by atoms with Crippen molar-refractivity contribution in [2.24, 2.45) is 0 Å². The Bertz CT molecular complexity index is 317. The van der Waals surface area contributed by atoms with Gasteiger partial charge in [0, 0.05) is 5.88 Å². The lowest BCUT2D eigenvalue weighted by molar-refractivity contribution is 0.414. The predicted molar refractivity (Wildman–Crippen MR) is 47.3 cm³/mol. The van der Waals surface area contributed by atoms with Gasteiger partial charge in [0.1, 0.15) is 5.75 Å². The van der Waals surface area contributed by atoms with Gasteiger partial charge in [0.25, 0.3) is 0 Å². The number of nitriles is 1. The fourth-order valence-electron chi connectivity index (χ4n) is 0.917. The zero-order chi connectivity index (χ0) is 8.97. The highest BCUT2D eigenvalue weighted by Crippen LogP contribution is 2.18. The van der Waals surface area contributed by atoms with E-state index in [0.29, 0.717) is 11.4 Å². The molecule has 0 bridgehead atoms. The normalized spacial score (nSPS) is 9.08. The number of alkyl halides is 1. The second kappa shape index (κ2) is 3.99. The summed E-state index contributed by atoms with van der Waals surface area (Å²) in [6.07, 6.45) is 0. The molecule has 0 aliphatic rings. The first-order valence-electron chi connectivity index (χ1n) is 3.44. The molecule has 0 atom stereocenters. The second-order valence-electron chi connectivity index (χ2n) is 2.27. The molecule has 62 valence electrons. The average Bonchev–Trinajstić information content (AvgIpc) is 2.16. The van der Waals surface area contributed by atoms with Crippen molar-refractivity contribution in [3.05, 3.63) is 29.3 Å². The van der Waals surface area contributed by atoms with E-state index in [0.717, 1.165) is 11.3 Å². The summed E-state index contributed by atoms with van der Waals surface area (Å²) in [4.78, 5) is 0. The van der Waals surface area contributed by atoms with Crippen LogP contribution < -0.4 is 4.74 Å². The van der Waals surface area contributed by atoms with Crippen LogP contribution in [-0.2, 0) is 5.88 Å². The van der Waals surface area contributed by atoms with Crippen LogP contribution in [0, 0.1) is 11.3 Å². The Morgan fingerprint density at radius 2 is 2.33 bits per heavy atom. The third-order valence-electron chi connectivity index (χ3n) is 1.58. The number of hydrogen-bond donors (Lipinski definition) is 0. The van der Waals surface area contributed by atoms with Gasteiger partial charge in [-0.15, -0.1) is 11.6 Å². The zero-order valence-corrected chi connectivity index (χ0v) is 7.43. The molecule has 0 saturated heterocycles. The van der Waals surface area contributed by atoms with E-state index in [4.69, 9.17) is 21.6 Å². The number of benzene rings is 1. The van der Waals surface area contributed by atoms with Gasteiger partial charge in [0.15, 0.2) is 0 Å². The topological polar surface area (TPSA) is 33.0 Å². The maximum absolute atomic E-state index is 8.66. The summed E-state index contributed by atoms with van der Waals surface area (Å²) in [6.45, 7) is 0. The Kier molecular flexibility index (Phi) is 2.95. The SMILES string of the molecule is COc1ccc(C#N)c(CCl)c1. The van der Waals surface area contributed by atoms with E-state index in [1.165, 1.54) is 0 Å². The fourth-order valence-corrected chi connectivity index (χ4v) is 1.14. The summed E-state index contributed by atoms with van der Waals surface area (Å²) in [5, 5.41) is 8.66. The number of nitrogens with zero attached hydrogens (tertiary/aromatic N) is 1. The van der Waals surface area contributed by atoms with E-state index in [1.807, 2.05) is 0 Å². The molecule has 12 heavy (non-hydrogen) atoms. The third-order valence-corrected chi connectivity index (χ3v) is 1.86. The molecule has 1 aromatic carbocycles. The highest BCUT2D eigenvalue weighted by atomic mass is 35.5. The van der Waals surface area contributed by atoms with Gasteiger partial charge in [-0.05, 0) is 23.8 Å². The van der Waals surface area contributed by atoms with Crippen molar-refractivity contribution in [2.75, 3.05) is 7.11 Å². The van der Waals surface area contributed by atoms with E-state index >= 15 is 0 Å². The van der Waals surface area contributed by atoms with Crippen molar-refractivity contribution in [3.63, 3.8) is 0 Å². The van der Waals surface area contributed by atoms with Gasteiger partial charge in [-0.25, -0.2) is 0 Å². The molecule has 3 heteroatoms. The molecular weight excluding hydrogens is 174 g/mol. The van der Waals surface area contributed by atoms with Gasteiger partial charge in [-0.2, -0.15) is 5.26 Å². The molecule has 0 amide bonds. The van der Waals surface area contributed by atoms with Crippen LogP contribution in [0.25, 0.3) is 0 Å². The molecule has 0 aliphatic heterocycles. The van der Waals surface area contributed by atoms with Gasteiger partial charge >= 0.3 is 0 Å². The molecule has 0 aliphatic carbocycles. The molecule has 0 unspecified atom stereocenters. The number of methoxy groups -OCH3 is 1. The molecule has 0 radical (unpaired) electrons. The molecule has 0 aromatic heterocycles. The Balaban J connectivity index is 3.13. The highest BCUT2D eigenvalue weighted by molar-refractivity contribution is 6.17. The molecule has 1 aromatic rings. The Morgan fingerprint density at radius 3 is 2.83 bits per heavy atom. The van der Waals surface area contributed by atoms with Crippen molar-refractivity contribution in [2.45, 2.75) is 5.88 Å². The largest absolute Gasteiger partial charge is 0.497 e. The second-order valence-corrected chi connectivity index (χ2v) is 2.54. The zero-order valence-electron chi connectivity index (χ0n) is 6.67. The van der Waals surface area contributed by atoms with Crippen LogP contribution in [0.4, 0.5) is 0 Å². The summed E-state index contributed by atoms with van der Waals surface area (Å²) in [5.74, 6) is 1.06. The molecular formula is C9H8ClNO.